The third kappa shape index (κ3) is 6.18. The molecule has 0 saturated carbocycles. The number of unbranched alkanes of at least 4 members (excludes halogenated alkanes) is 3. The third-order valence-electron chi connectivity index (χ3n) is 8.94. The van der Waals surface area contributed by atoms with Gasteiger partial charge in [0.25, 0.3) is 0 Å². The molecular formula is C42H42N4O. The lowest BCUT2D eigenvalue weighted by Gasteiger charge is -2.13. The van der Waals surface area contributed by atoms with Crippen molar-refractivity contribution >= 4 is 21.8 Å². The molecular weight excluding hydrogens is 576 g/mol. The van der Waals surface area contributed by atoms with Crippen LogP contribution in [0.3, 0.4) is 0 Å². The average Bonchev–Trinajstić information content (AvgIpc) is 3.62. The molecule has 0 radical (unpaired) electrons. The van der Waals surface area contributed by atoms with Crippen LogP contribution in [0.2, 0.25) is 0 Å². The molecule has 47 heavy (non-hydrogen) atoms. The van der Waals surface area contributed by atoms with Crippen LogP contribution in [0.15, 0.2) is 115 Å². The molecule has 3 heterocycles. The standard InChI is InChI=1S/C42H42N4O/c1-4-6-7-11-22-39-42(31-16-9-8-10-17-31)37(15-5-2)44-46(39)32-18-14-19-33(28-32)47-34-23-24-36-35-20-12-13-21-38(35)45(40(36)29-34)41-27-30(3)25-26-43-41/h8-10,12-14,16-21,23-29H,4-7,11,15,22H2,1-3H3. The minimum atomic E-state index is 0.781. The summed E-state index contributed by atoms with van der Waals surface area (Å²) in [7, 11) is 0. The summed E-state index contributed by atoms with van der Waals surface area (Å²) < 4.78 is 11.0. The Morgan fingerprint density at radius 3 is 2.30 bits per heavy atom. The molecule has 0 fully saturated rings. The van der Waals surface area contributed by atoms with Crippen molar-refractivity contribution in [2.45, 2.75) is 65.7 Å². The van der Waals surface area contributed by atoms with E-state index in [-0.39, 0.29) is 0 Å². The number of hydrogen-bond acceptors (Lipinski definition) is 3. The second kappa shape index (κ2) is 13.7. The van der Waals surface area contributed by atoms with Crippen molar-refractivity contribution in [3.05, 3.63) is 132 Å². The predicted octanol–water partition coefficient (Wildman–Crippen LogP) is 11.2. The zero-order chi connectivity index (χ0) is 32.2. The van der Waals surface area contributed by atoms with Gasteiger partial charge in [-0.05, 0) is 79.8 Å². The van der Waals surface area contributed by atoms with E-state index < -0.39 is 0 Å². The lowest BCUT2D eigenvalue weighted by Crippen LogP contribution is -2.04. The summed E-state index contributed by atoms with van der Waals surface area (Å²) in [6.45, 7) is 6.60. The van der Waals surface area contributed by atoms with Crippen molar-refractivity contribution in [3.8, 4) is 34.1 Å². The maximum Gasteiger partial charge on any atom is 0.137 e. The Kier molecular flexibility index (Phi) is 8.87. The number of nitrogens with zero attached hydrogens (tertiary/aromatic N) is 4. The topological polar surface area (TPSA) is 44.9 Å². The molecule has 236 valence electrons. The molecule has 0 aliphatic heterocycles. The van der Waals surface area contributed by atoms with Gasteiger partial charge in [-0.15, -0.1) is 0 Å². The molecule has 0 bridgehead atoms. The second-order valence-electron chi connectivity index (χ2n) is 12.4. The van der Waals surface area contributed by atoms with Gasteiger partial charge in [0.05, 0.1) is 28.1 Å². The molecule has 4 aromatic carbocycles. The van der Waals surface area contributed by atoms with Gasteiger partial charge in [-0.2, -0.15) is 5.10 Å². The molecule has 3 aromatic heterocycles. The van der Waals surface area contributed by atoms with Gasteiger partial charge in [0.15, 0.2) is 0 Å². The van der Waals surface area contributed by atoms with Gasteiger partial charge < -0.3 is 4.74 Å². The van der Waals surface area contributed by atoms with Crippen LogP contribution >= 0.6 is 0 Å². The van der Waals surface area contributed by atoms with Crippen molar-refractivity contribution in [2.75, 3.05) is 0 Å². The van der Waals surface area contributed by atoms with Gasteiger partial charge in [0.2, 0.25) is 0 Å². The van der Waals surface area contributed by atoms with Crippen LogP contribution in [0.1, 0.15) is 62.9 Å². The van der Waals surface area contributed by atoms with Gasteiger partial charge in [0.1, 0.15) is 17.3 Å². The molecule has 0 unspecified atom stereocenters. The average molecular weight is 619 g/mol. The summed E-state index contributed by atoms with van der Waals surface area (Å²) in [5.74, 6) is 2.46. The number of rotatable bonds is 12. The predicted molar refractivity (Wildman–Crippen MR) is 194 cm³/mol. The van der Waals surface area contributed by atoms with E-state index in [1.54, 1.807) is 0 Å². The number of pyridine rings is 1. The summed E-state index contributed by atoms with van der Waals surface area (Å²) in [5, 5.41) is 7.63. The second-order valence-corrected chi connectivity index (χ2v) is 12.4. The fourth-order valence-electron chi connectivity index (χ4n) is 6.74. The van der Waals surface area contributed by atoms with Gasteiger partial charge in [0, 0.05) is 34.7 Å². The van der Waals surface area contributed by atoms with Crippen molar-refractivity contribution < 1.29 is 4.74 Å². The first-order chi connectivity index (χ1) is 23.1. The number of aromatic nitrogens is 4. The fourth-order valence-corrected chi connectivity index (χ4v) is 6.74. The third-order valence-corrected chi connectivity index (χ3v) is 8.94. The van der Waals surface area contributed by atoms with E-state index in [1.165, 1.54) is 58.1 Å². The molecule has 0 atom stereocenters. The molecule has 7 aromatic rings. The molecule has 0 spiro atoms. The summed E-state index contributed by atoms with van der Waals surface area (Å²) >= 11 is 0. The number of benzene rings is 4. The molecule has 0 N–H and O–H groups in total. The number of aryl methyl sites for hydroxylation is 2. The fraction of sp³-hybridized carbons (Fsp3) is 0.238. The lowest BCUT2D eigenvalue weighted by molar-refractivity contribution is 0.482. The number of hydrogen-bond donors (Lipinski definition) is 0. The van der Waals surface area contributed by atoms with Gasteiger partial charge >= 0.3 is 0 Å². The smallest absolute Gasteiger partial charge is 0.137 e. The van der Waals surface area contributed by atoms with Crippen LogP contribution in [0.5, 0.6) is 11.5 Å². The Morgan fingerprint density at radius 1 is 0.660 bits per heavy atom. The molecule has 0 aliphatic rings. The van der Waals surface area contributed by atoms with Crippen molar-refractivity contribution in [1.82, 2.24) is 19.3 Å². The first-order valence-corrected chi connectivity index (χ1v) is 17.0. The molecule has 7 rings (SSSR count). The van der Waals surface area contributed by atoms with E-state index in [1.807, 2.05) is 18.3 Å². The molecule has 0 amide bonds. The highest BCUT2D eigenvalue weighted by atomic mass is 16.5. The van der Waals surface area contributed by atoms with E-state index >= 15 is 0 Å². The largest absolute Gasteiger partial charge is 0.457 e. The van der Waals surface area contributed by atoms with Crippen molar-refractivity contribution in [3.63, 3.8) is 0 Å². The number of para-hydroxylation sites is 1. The highest BCUT2D eigenvalue weighted by Gasteiger charge is 2.20. The zero-order valence-corrected chi connectivity index (χ0v) is 27.6. The Morgan fingerprint density at radius 2 is 1.47 bits per heavy atom. The maximum atomic E-state index is 6.61. The van der Waals surface area contributed by atoms with Crippen LogP contribution in [0.25, 0.3) is 44.4 Å². The van der Waals surface area contributed by atoms with E-state index in [0.717, 1.165) is 59.7 Å². The minimum Gasteiger partial charge on any atom is -0.457 e. The number of fused-ring (bicyclic) bond motifs is 3. The SMILES string of the molecule is CCCCCCc1c(-c2ccccc2)c(CCC)nn1-c1cccc(Oc2ccc3c4ccccc4n(-c4cc(C)ccn4)c3c2)c1. The Balaban J connectivity index is 1.28. The first kappa shape index (κ1) is 30.5. The Bertz CT molecular complexity index is 2140. The quantitative estimate of drug-likeness (QED) is 0.128. The van der Waals surface area contributed by atoms with Gasteiger partial charge in [-0.3, -0.25) is 4.57 Å². The summed E-state index contributed by atoms with van der Waals surface area (Å²) in [6, 6.07) is 38.2. The summed E-state index contributed by atoms with van der Waals surface area (Å²) in [6.07, 6.45) is 9.69. The van der Waals surface area contributed by atoms with Crippen LogP contribution in [0.4, 0.5) is 0 Å². The van der Waals surface area contributed by atoms with Gasteiger partial charge in [-0.1, -0.05) is 94.1 Å². The van der Waals surface area contributed by atoms with Crippen molar-refractivity contribution in [1.29, 1.82) is 0 Å². The lowest BCUT2D eigenvalue weighted by atomic mass is 9.98. The summed E-state index contributed by atoms with van der Waals surface area (Å²) in [5.41, 5.74) is 9.36. The Hall–Kier alpha value is -5.16. The first-order valence-electron chi connectivity index (χ1n) is 17.0. The van der Waals surface area contributed by atoms with Gasteiger partial charge in [-0.25, -0.2) is 9.67 Å². The minimum absolute atomic E-state index is 0.781. The monoisotopic (exact) mass is 618 g/mol. The molecule has 5 nitrogen and oxygen atoms in total. The zero-order valence-electron chi connectivity index (χ0n) is 27.6. The van der Waals surface area contributed by atoms with Crippen LogP contribution in [-0.2, 0) is 12.8 Å². The maximum absolute atomic E-state index is 6.61. The van der Waals surface area contributed by atoms with Crippen molar-refractivity contribution in [2.24, 2.45) is 0 Å². The highest BCUT2D eigenvalue weighted by molar-refractivity contribution is 6.09. The summed E-state index contributed by atoms with van der Waals surface area (Å²) in [4.78, 5) is 4.74. The highest BCUT2D eigenvalue weighted by Crippen LogP contribution is 2.36. The molecule has 0 aliphatic carbocycles. The van der Waals surface area contributed by atoms with Crippen LogP contribution < -0.4 is 4.74 Å². The normalized spacial score (nSPS) is 11.5. The van der Waals surface area contributed by atoms with Crippen LogP contribution in [0, 0.1) is 6.92 Å². The number of ether oxygens (including phenoxy) is 1. The van der Waals surface area contributed by atoms with E-state index in [4.69, 9.17) is 14.8 Å². The van der Waals surface area contributed by atoms with E-state index in [9.17, 15) is 0 Å². The molecule has 5 heteroatoms. The Labute approximate surface area is 277 Å². The van der Waals surface area contributed by atoms with Crippen LogP contribution in [-0.4, -0.2) is 19.3 Å². The van der Waals surface area contributed by atoms with E-state index in [2.05, 4.69) is 127 Å². The van der Waals surface area contributed by atoms with E-state index in [0.29, 0.717) is 0 Å². The molecule has 0 saturated heterocycles.